The van der Waals surface area contributed by atoms with E-state index in [1.54, 1.807) is 6.07 Å². The fraction of sp³-hybridized carbons (Fsp3) is 0.462. The zero-order valence-electron chi connectivity index (χ0n) is 10.7. The molecule has 1 heterocycles. The van der Waals surface area contributed by atoms with Gasteiger partial charge in [-0.3, -0.25) is 4.79 Å². The Morgan fingerprint density at radius 3 is 2.90 bits per heavy atom. The van der Waals surface area contributed by atoms with Crippen molar-refractivity contribution >= 4 is 5.91 Å². The van der Waals surface area contributed by atoms with Crippen molar-refractivity contribution in [2.45, 2.75) is 18.8 Å². The number of amides is 1. The standard InChI is InChI=1S/C13H15F3N2O2/c14-13(15,16)10-3-1-2-9(6-10)7-18-12(19)11-8-20-5-4-17-11/h1-3,6,11,17H,4-5,7-8H2,(H,18,19). The van der Waals surface area contributed by atoms with Gasteiger partial charge >= 0.3 is 6.18 Å². The molecule has 7 heteroatoms. The summed E-state index contributed by atoms with van der Waals surface area (Å²) in [6.07, 6.45) is -4.38. The Morgan fingerprint density at radius 1 is 1.45 bits per heavy atom. The first-order chi connectivity index (χ1) is 9.47. The van der Waals surface area contributed by atoms with Crippen LogP contribution in [0.2, 0.25) is 0 Å². The molecule has 4 nitrogen and oxygen atoms in total. The van der Waals surface area contributed by atoms with Gasteiger partial charge in [0.25, 0.3) is 0 Å². The van der Waals surface area contributed by atoms with Crippen molar-refractivity contribution in [1.82, 2.24) is 10.6 Å². The van der Waals surface area contributed by atoms with Crippen LogP contribution < -0.4 is 10.6 Å². The maximum Gasteiger partial charge on any atom is 0.416 e. The number of benzene rings is 1. The van der Waals surface area contributed by atoms with Gasteiger partial charge in [0, 0.05) is 13.1 Å². The summed E-state index contributed by atoms with van der Waals surface area (Å²) in [7, 11) is 0. The van der Waals surface area contributed by atoms with Crippen LogP contribution >= 0.6 is 0 Å². The van der Waals surface area contributed by atoms with Gasteiger partial charge in [-0.25, -0.2) is 0 Å². The summed E-state index contributed by atoms with van der Waals surface area (Å²) in [6.45, 7) is 1.47. The van der Waals surface area contributed by atoms with Gasteiger partial charge in [0.05, 0.1) is 18.8 Å². The van der Waals surface area contributed by atoms with Crippen LogP contribution in [0, 0.1) is 0 Å². The summed E-state index contributed by atoms with van der Waals surface area (Å²) in [5.41, 5.74) is -0.312. The zero-order chi connectivity index (χ0) is 14.6. The van der Waals surface area contributed by atoms with E-state index in [1.165, 1.54) is 6.07 Å². The first-order valence-electron chi connectivity index (χ1n) is 6.22. The molecule has 1 atom stereocenters. The van der Waals surface area contributed by atoms with Gasteiger partial charge in [-0.05, 0) is 17.7 Å². The Labute approximate surface area is 114 Å². The van der Waals surface area contributed by atoms with Crippen LogP contribution in [-0.4, -0.2) is 31.7 Å². The van der Waals surface area contributed by atoms with Crippen molar-refractivity contribution < 1.29 is 22.7 Å². The third-order valence-electron chi connectivity index (χ3n) is 2.96. The highest BCUT2D eigenvalue weighted by Crippen LogP contribution is 2.29. The average molecular weight is 288 g/mol. The average Bonchev–Trinajstić information content (AvgIpc) is 2.45. The molecule has 1 amide bonds. The summed E-state index contributed by atoms with van der Waals surface area (Å²) >= 11 is 0. The fourth-order valence-corrected chi connectivity index (χ4v) is 1.90. The number of hydrogen-bond donors (Lipinski definition) is 2. The molecule has 0 bridgehead atoms. The molecular formula is C13H15F3N2O2. The minimum Gasteiger partial charge on any atom is -0.378 e. The first kappa shape index (κ1) is 14.8. The molecule has 2 N–H and O–H groups in total. The molecule has 0 radical (unpaired) electrons. The smallest absolute Gasteiger partial charge is 0.378 e. The van der Waals surface area contributed by atoms with E-state index in [2.05, 4.69) is 10.6 Å². The number of morpholine rings is 1. The van der Waals surface area contributed by atoms with E-state index in [0.717, 1.165) is 12.1 Å². The number of carbonyl (C=O) groups is 1. The third kappa shape index (κ3) is 3.94. The number of alkyl halides is 3. The van der Waals surface area contributed by atoms with Crippen LogP contribution in [0.1, 0.15) is 11.1 Å². The summed E-state index contributed by atoms with van der Waals surface area (Å²) in [6, 6.07) is 4.45. The van der Waals surface area contributed by atoms with E-state index >= 15 is 0 Å². The van der Waals surface area contributed by atoms with Crippen molar-refractivity contribution in [1.29, 1.82) is 0 Å². The molecule has 2 rings (SSSR count). The Balaban J connectivity index is 1.92. The molecule has 1 unspecified atom stereocenters. The van der Waals surface area contributed by atoms with Crippen molar-refractivity contribution in [2.75, 3.05) is 19.8 Å². The van der Waals surface area contributed by atoms with E-state index in [9.17, 15) is 18.0 Å². The predicted octanol–water partition coefficient (Wildman–Crippen LogP) is 1.31. The van der Waals surface area contributed by atoms with Gasteiger partial charge in [-0.1, -0.05) is 12.1 Å². The maximum absolute atomic E-state index is 12.5. The largest absolute Gasteiger partial charge is 0.416 e. The second-order valence-electron chi connectivity index (χ2n) is 4.50. The highest BCUT2D eigenvalue weighted by molar-refractivity contribution is 5.81. The van der Waals surface area contributed by atoms with Crippen LogP contribution in [0.3, 0.4) is 0 Å². The van der Waals surface area contributed by atoms with E-state index < -0.39 is 17.8 Å². The molecule has 1 aliphatic heterocycles. The topological polar surface area (TPSA) is 50.4 Å². The SMILES string of the molecule is O=C(NCc1cccc(C(F)(F)F)c1)C1COCCN1. The quantitative estimate of drug-likeness (QED) is 0.881. The Bertz CT molecular complexity index is 471. The van der Waals surface area contributed by atoms with Crippen molar-refractivity contribution in [3.05, 3.63) is 35.4 Å². The monoisotopic (exact) mass is 288 g/mol. The summed E-state index contributed by atoms with van der Waals surface area (Å²) in [4.78, 5) is 11.8. The normalized spacial score (nSPS) is 19.6. The predicted molar refractivity (Wildman–Crippen MR) is 65.9 cm³/mol. The minimum absolute atomic E-state index is 0.0565. The molecule has 1 aliphatic rings. The fourth-order valence-electron chi connectivity index (χ4n) is 1.90. The van der Waals surface area contributed by atoms with E-state index in [4.69, 9.17) is 4.74 Å². The number of halogens is 3. The molecule has 0 saturated carbocycles. The molecule has 1 aromatic carbocycles. The molecular weight excluding hydrogens is 273 g/mol. The lowest BCUT2D eigenvalue weighted by molar-refractivity contribution is -0.137. The van der Waals surface area contributed by atoms with E-state index in [0.29, 0.717) is 18.7 Å². The maximum atomic E-state index is 12.5. The van der Waals surface area contributed by atoms with Crippen molar-refractivity contribution in [3.63, 3.8) is 0 Å². The number of hydrogen-bond acceptors (Lipinski definition) is 3. The van der Waals surface area contributed by atoms with E-state index in [1.807, 2.05) is 0 Å². The van der Waals surface area contributed by atoms with E-state index in [-0.39, 0.29) is 19.1 Å². The number of ether oxygens (including phenoxy) is 1. The van der Waals surface area contributed by atoms with Gasteiger partial charge in [0.15, 0.2) is 0 Å². The summed E-state index contributed by atoms with van der Waals surface area (Å²) < 4.78 is 42.8. The highest BCUT2D eigenvalue weighted by Gasteiger charge is 2.30. The van der Waals surface area contributed by atoms with Crippen molar-refractivity contribution in [3.8, 4) is 0 Å². The first-order valence-corrected chi connectivity index (χ1v) is 6.22. The molecule has 20 heavy (non-hydrogen) atoms. The number of nitrogens with one attached hydrogen (secondary N) is 2. The Morgan fingerprint density at radius 2 is 2.25 bits per heavy atom. The van der Waals surface area contributed by atoms with Crippen LogP contribution in [0.25, 0.3) is 0 Å². The van der Waals surface area contributed by atoms with Gasteiger partial charge in [-0.2, -0.15) is 13.2 Å². The Kier molecular flexibility index (Phi) is 4.61. The zero-order valence-corrected chi connectivity index (χ0v) is 10.7. The molecule has 0 spiro atoms. The second kappa shape index (κ2) is 6.23. The van der Waals surface area contributed by atoms with Gasteiger partial charge < -0.3 is 15.4 Å². The van der Waals surface area contributed by atoms with Crippen LogP contribution in [-0.2, 0) is 22.3 Å². The molecule has 110 valence electrons. The lowest BCUT2D eigenvalue weighted by Gasteiger charge is -2.22. The van der Waals surface area contributed by atoms with Crippen molar-refractivity contribution in [2.24, 2.45) is 0 Å². The summed E-state index contributed by atoms with van der Waals surface area (Å²) in [5, 5.41) is 5.57. The van der Waals surface area contributed by atoms with Crippen LogP contribution in [0.4, 0.5) is 13.2 Å². The lowest BCUT2D eigenvalue weighted by atomic mass is 10.1. The van der Waals surface area contributed by atoms with Gasteiger partial charge in [0.2, 0.25) is 5.91 Å². The summed E-state index contributed by atoms with van der Waals surface area (Å²) in [5.74, 6) is -0.276. The number of rotatable bonds is 3. The second-order valence-corrected chi connectivity index (χ2v) is 4.50. The number of carbonyl (C=O) groups excluding carboxylic acids is 1. The van der Waals surface area contributed by atoms with Crippen LogP contribution in [0.15, 0.2) is 24.3 Å². The van der Waals surface area contributed by atoms with Gasteiger partial charge in [0.1, 0.15) is 6.04 Å². The molecule has 1 aromatic rings. The minimum atomic E-state index is -4.38. The Hall–Kier alpha value is -1.60. The van der Waals surface area contributed by atoms with Gasteiger partial charge in [-0.15, -0.1) is 0 Å². The lowest BCUT2D eigenvalue weighted by Crippen LogP contribution is -2.51. The molecule has 1 fully saturated rings. The molecule has 1 saturated heterocycles. The van der Waals surface area contributed by atoms with Crippen LogP contribution in [0.5, 0.6) is 0 Å². The third-order valence-corrected chi connectivity index (χ3v) is 2.96. The molecule has 0 aromatic heterocycles. The molecule has 0 aliphatic carbocycles. The highest BCUT2D eigenvalue weighted by atomic mass is 19.4.